The van der Waals surface area contributed by atoms with E-state index in [1.54, 1.807) is 0 Å². The molecular weight excluding hydrogens is 259 g/mol. The van der Waals surface area contributed by atoms with Gasteiger partial charge in [-0.3, -0.25) is 0 Å². The molecule has 0 N–H and O–H groups in total. The van der Waals surface area contributed by atoms with E-state index in [1.165, 1.54) is 11.1 Å². The number of rotatable bonds is 0. The van der Waals surface area contributed by atoms with E-state index in [1.807, 2.05) is 0 Å². The van der Waals surface area contributed by atoms with Gasteiger partial charge in [0.25, 0.3) is 0 Å². The van der Waals surface area contributed by atoms with Crippen molar-refractivity contribution in [2.75, 3.05) is 0 Å². The summed E-state index contributed by atoms with van der Waals surface area (Å²) in [6.45, 7) is 12.0. The quantitative estimate of drug-likeness (QED) is 0.498. The first-order valence-electron chi connectivity index (χ1n) is 4.21. The van der Waals surface area contributed by atoms with Crippen molar-refractivity contribution < 1.29 is 19.5 Å². The van der Waals surface area contributed by atoms with Gasteiger partial charge in [0.2, 0.25) is 0 Å². The molecule has 0 aromatic heterocycles. The molecule has 2 rings (SSSR count). The fourth-order valence-electron chi connectivity index (χ4n) is 1.20. The minimum Gasteiger partial charge on any atom is -0.106 e. The largest absolute Gasteiger partial charge is 0.106 e. The van der Waals surface area contributed by atoms with Crippen LogP contribution in [0.25, 0.3) is 6.08 Å². The summed E-state index contributed by atoms with van der Waals surface area (Å²) in [5, 5.41) is 0. The monoisotopic (exact) mass is 275 g/mol. The van der Waals surface area contributed by atoms with E-state index in [4.69, 9.17) is 0 Å². The molecule has 1 aromatic rings. The molecule has 0 amide bonds. The predicted molar refractivity (Wildman–Crippen MR) is 61.7 cm³/mol. The zero-order chi connectivity index (χ0) is 10.1. The van der Waals surface area contributed by atoms with E-state index in [9.17, 15) is 0 Å². The van der Waals surface area contributed by atoms with Crippen LogP contribution >= 0.6 is 0 Å². The van der Waals surface area contributed by atoms with Crippen LogP contribution in [-0.4, -0.2) is 0 Å². The zero-order valence-corrected chi connectivity index (χ0v) is 9.97. The van der Waals surface area contributed by atoms with Gasteiger partial charge in [-0.25, -0.2) is 0 Å². The Morgan fingerprint density at radius 3 is 2.07 bits per heavy atom. The smallest absolute Gasteiger partial charge is 0 e. The summed E-state index contributed by atoms with van der Waals surface area (Å²) in [7, 11) is 0. The third-order valence-electron chi connectivity index (χ3n) is 1.69. The maximum atomic E-state index is 3.00. The van der Waals surface area contributed by atoms with Crippen LogP contribution in [0.4, 0.5) is 0 Å². The predicted octanol–water partition coefficient (Wildman–Crippen LogP) is 3.86. The maximum Gasteiger partial charge on any atom is 0 e. The Morgan fingerprint density at radius 2 is 1.50 bits per heavy atom. The average molecular weight is 275 g/mol. The molecule has 1 heteroatoms. The van der Waals surface area contributed by atoms with Crippen molar-refractivity contribution in [3.05, 3.63) is 67.8 Å². The summed E-state index contributed by atoms with van der Waals surface area (Å²) in [5.74, 6) is 0. The SMILES string of the molecule is C1=Cc2ccccc2C1.C=C.C=C.[Rh]. The van der Waals surface area contributed by atoms with Gasteiger partial charge < -0.3 is 0 Å². The summed E-state index contributed by atoms with van der Waals surface area (Å²) in [6.07, 6.45) is 5.50. The second-order valence-electron chi connectivity index (χ2n) is 2.31. The first kappa shape index (κ1) is 15.5. The van der Waals surface area contributed by atoms with Crippen molar-refractivity contribution >= 4 is 6.08 Å². The third-order valence-corrected chi connectivity index (χ3v) is 1.69. The van der Waals surface area contributed by atoms with Gasteiger partial charge >= 0.3 is 0 Å². The Labute approximate surface area is 99.8 Å². The van der Waals surface area contributed by atoms with Crippen LogP contribution in [0.3, 0.4) is 0 Å². The normalized spacial score (nSPS) is 9.43. The van der Waals surface area contributed by atoms with E-state index in [0.29, 0.717) is 0 Å². The van der Waals surface area contributed by atoms with Gasteiger partial charge in [-0.05, 0) is 17.5 Å². The van der Waals surface area contributed by atoms with E-state index in [0.717, 1.165) is 6.42 Å². The molecule has 0 aliphatic heterocycles. The third kappa shape index (κ3) is 4.34. The summed E-state index contributed by atoms with van der Waals surface area (Å²) in [5.41, 5.74) is 2.84. The minimum atomic E-state index is 0. The van der Waals surface area contributed by atoms with Crippen molar-refractivity contribution in [2.45, 2.75) is 6.42 Å². The van der Waals surface area contributed by atoms with Crippen molar-refractivity contribution in [3.8, 4) is 0 Å². The molecule has 0 fully saturated rings. The second-order valence-corrected chi connectivity index (χ2v) is 2.31. The van der Waals surface area contributed by atoms with Crippen LogP contribution in [0.2, 0.25) is 0 Å². The first-order valence-corrected chi connectivity index (χ1v) is 4.21. The van der Waals surface area contributed by atoms with Crippen LogP contribution in [-0.2, 0) is 25.9 Å². The van der Waals surface area contributed by atoms with Gasteiger partial charge in [0.05, 0.1) is 0 Å². The molecular formula is C13H16Rh. The summed E-state index contributed by atoms with van der Waals surface area (Å²) < 4.78 is 0. The molecule has 0 saturated heterocycles. The second kappa shape index (κ2) is 10.1. The number of hydrogen-bond acceptors (Lipinski definition) is 0. The molecule has 14 heavy (non-hydrogen) atoms. The Hall–Kier alpha value is -0.937. The van der Waals surface area contributed by atoms with Gasteiger partial charge in [-0.1, -0.05) is 36.4 Å². The molecule has 1 radical (unpaired) electrons. The number of benzene rings is 1. The van der Waals surface area contributed by atoms with Crippen LogP contribution in [0, 0.1) is 0 Å². The topological polar surface area (TPSA) is 0 Å². The van der Waals surface area contributed by atoms with Crippen molar-refractivity contribution in [3.63, 3.8) is 0 Å². The van der Waals surface area contributed by atoms with Gasteiger partial charge in [0.15, 0.2) is 0 Å². The molecule has 1 aliphatic rings. The zero-order valence-electron chi connectivity index (χ0n) is 8.33. The van der Waals surface area contributed by atoms with E-state index in [-0.39, 0.29) is 19.5 Å². The molecule has 0 unspecified atom stereocenters. The summed E-state index contributed by atoms with van der Waals surface area (Å²) >= 11 is 0. The molecule has 0 nitrogen and oxygen atoms in total. The summed E-state index contributed by atoms with van der Waals surface area (Å²) in [4.78, 5) is 0. The van der Waals surface area contributed by atoms with Gasteiger partial charge in [-0.15, -0.1) is 26.3 Å². The first-order chi connectivity index (χ1) is 6.47. The maximum absolute atomic E-state index is 3.00. The number of allylic oxidation sites excluding steroid dienone is 1. The van der Waals surface area contributed by atoms with Crippen molar-refractivity contribution in [1.29, 1.82) is 0 Å². The van der Waals surface area contributed by atoms with Crippen LogP contribution < -0.4 is 0 Å². The molecule has 0 saturated carbocycles. The standard InChI is InChI=1S/C9H8.2C2H4.Rh/c1-2-5-9-7-3-6-8(9)4-1;2*1-2;/h1-6H,7H2;2*1-2H2;. The molecule has 1 aliphatic carbocycles. The molecule has 77 valence electrons. The molecule has 0 bridgehead atoms. The van der Waals surface area contributed by atoms with E-state index >= 15 is 0 Å². The Balaban J connectivity index is 0. The minimum absolute atomic E-state index is 0. The summed E-state index contributed by atoms with van der Waals surface area (Å²) in [6, 6.07) is 8.49. The van der Waals surface area contributed by atoms with Crippen molar-refractivity contribution in [2.24, 2.45) is 0 Å². The van der Waals surface area contributed by atoms with Crippen LogP contribution in [0.5, 0.6) is 0 Å². The van der Waals surface area contributed by atoms with E-state index < -0.39 is 0 Å². The number of fused-ring (bicyclic) bond motifs is 1. The fourth-order valence-corrected chi connectivity index (χ4v) is 1.20. The Kier molecular flexibility index (Phi) is 11.3. The van der Waals surface area contributed by atoms with Crippen LogP contribution in [0.15, 0.2) is 56.7 Å². The molecule has 0 atom stereocenters. The number of hydrogen-bond donors (Lipinski definition) is 0. The molecule has 0 heterocycles. The van der Waals surface area contributed by atoms with Crippen LogP contribution in [0.1, 0.15) is 11.1 Å². The fraction of sp³-hybridized carbons (Fsp3) is 0.0769. The van der Waals surface area contributed by atoms with Crippen molar-refractivity contribution in [1.82, 2.24) is 0 Å². The molecule has 0 spiro atoms. The molecule has 1 aromatic carbocycles. The Morgan fingerprint density at radius 1 is 0.929 bits per heavy atom. The van der Waals surface area contributed by atoms with Gasteiger partial charge in [-0.2, -0.15) is 0 Å². The van der Waals surface area contributed by atoms with E-state index in [2.05, 4.69) is 62.7 Å². The van der Waals surface area contributed by atoms with Gasteiger partial charge in [0, 0.05) is 19.5 Å². The average Bonchev–Trinajstić information content (AvgIpc) is 2.71. The van der Waals surface area contributed by atoms with Gasteiger partial charge in [0.1, 0.15) is 0 Å². The Bertz CT molecular complexity index is 274.